The van der Waals surface area contributed by atoms with Gasteiger partial charge in [-0.15, -0.1) is 0 Å². The quantitative estimate of drug-likeness (QED) is 0.805. The number of anilines is 1. The zero-order chi connectivity index (χ0) is 13.1. The predicted octanol–water partition coefficient (Wildman–Crippen LogP) is 4.98. The summed E-state index contributed by atoms with van der Waals surface area (Å²) in [5, 5.41) is 3.88. The van der Waals surface area contributed by atoms with Crippen LogP contribution >= 0.6 is 27.5 Å². The van der Waals surface area contributed by atoms with Crippen LogP contribution in [0.3, 0.4) is 0 Å². The summed E-state index contributed by atoms with van der Waals surface area (Å²) in [6.45, 7) is 4.10. The Morgan fingerprint density at radius 2 is 2.11 bits per heavy atom. The maximum absolute atomic E-state index is 6.08. The Morgan fingerprint density at radius 1 is 1.33 bits per heavy atom. The summed E-state index contributed by atoms with van der Waals surface area (Å²) in [5.74, 6) is 0. The van der Waals surface area contributed by atoms with Crippen molar-refractivity contribution in [3.63, 3.8) is 0 Å². The topological polar surface area (TPSA) is 24.9 Å². The SMILES string of the molecule is Cc1cnc(Cl)c(NC(C)c2cccc(Br)c2)c1. The van der Waals surface area contributed by atoms with Gasteiger partial charge in [0, 0.05) is 16.7 Å². The number of nitrogens with one attached hydrogen (secondary N) is 1. The number of pyridine rings is 1. The Kier molecular flexibility index (Phi) is 4.25. The minimum absolute atomic E-state index is 0.170. The minimum Gasteiger partial charge on any atom is -0.376 e. The van der Waals surface area contributed by atoms with Crippen LogP contribution in [0.5, 0.6) is 0 Å². The Balaban J connectivity index is 2.21. The lowest BCUT2D eigenvalue weighted by atomic mass is 10.1. The van der Waals surface area contributed by atoms with Gasteiger partial charge in [0.05, 0.1) is 5.69 Å². The fraction of sp³-hybridized carbons (Fsp3) is 0.214. The second kappa shape index (κ2) is 5.72. The molecule has 0 radical (unpaired) electrons. The van der Waals surface area contributed by atoms with Gasteiger partial charge in [-0.2, -0.15) is 0 Å². The highest BCUT2D eigenvalue weighted by Gasteiger charge is 2.08. The first-order valence-corrected chi connectivity index (χ1v) is 6.87. The number of aromatic nitrogens is 1. The highest BCUT2D eigenvalue weighted by atomic mass is 79.9. The molecule has 0 spiro atoms. The van der Waals surface area contributed by atoms with E-state index in [1.165, 1.54) is 5.56 Å². The predicted molar refractivity (Wildman–Crippen MR) is 80.2 cm³/mol. The highest BCUT2D eigenvalue weighted by Crippen LogP contribution is 2.26. The lowest BCUT2D eigenvalue weighted by Crippen LogP contribution is -2.07. The first-order chi connectivity index (χ1) is 8.56. The second-order valence-corrected chi connectivity index (χ2v) is 5.55. The smallest absolute Gasteiger partial charge is 0.152 e. The molecule has 1 atom stereocenters. The Bertz CT molecular complexity index is 557. The van der Waals surface area contributed by atoms with E-state index in [1.54, 1.807) is 6.20 Å². The van der Waals surface area contributed by atoms with Crippen LogP contribution in [0, 0.1) is 6.92 Å². The van der Waals surface area contributed by atoms with Crippen molar-refractivity contribution in [2.45, 2.75) is 19.9 Å². The van der Waals surface area contributed by atoms with E-state index in [0.717, 1.165) is 15.7 Å². The molecule has 0 bridgehead atoms. The molecule has 2 nitrogen and oxygen atoms in total. The summed E-state index contributed by atoms with van der Waals surface area (Å²) in [6, 6.07) is 10.4. The first-order valence-electron chi connectivity index (χ1n) is 5.70. The molecule has 0 aliphatic carbocycles. The van der Waals surface area contributed by atoms with E-state index < -0.39 is 0 Å². The molecule has 0 aliphatic heterocycles. The molecule has 1 heterocycles. The van der Waals surface area contributed by atoms with Crippen molar-refractivity contribution in [2.24, 2.45) is 0 Å². The minimum atomic E-state index is 0.170. The van der Waals surface area contributed by atoms with Crippen LogP contribution in [0.1, 0.15) is 24.1 Å². The van der Waals surface area contributed by atoms with Gasteiger partial charge in [-0.25, -0.2) is 4.98 Å². The van der Waals surface area contributed by atoms with Crippen molar-refractivity contribution in [3.05, 3.63) is 57.3 Å². The molecule has 4 heteroatoms. The monoisotopic (exact) mass is 324 g/mol. The van der Waals surface area contributed by atoms with Crippen molar-refractivity contribution in [1.29, 1.82) is 0 Å². The van der Waals surface area contributed by atoms with Gasteiger partial charge in [-0.1, -0.05) is 39.7 Å². The molecular weight excluding hydrogens is 312 g/mol. The van der Waals surface area contributed by atoms with E-state index in [-0.39, 0.29) is 6.04 Å². The summed E-state index contributed by atoms with van der Waals surface area (Å²) in [7, 11) is 0. The van der Waals surface area contributed by atoms with Crippen molar-refractivity contribution in [1.82, 2.24) is 4.98 Å². The first kappa shape index (κ1) is 13.4. The summed E-state index contributed by atoms with van der Waals surface area (Å²) in [4.78, 5) is 4.14. The van der Waals surface area contributed by atoms with Gasteiger partial charge in [0.25, 0.3) is 0 Å². The van der Waals surface area contributed by atoms with Gasteiger partial charge < -0.3 is 5.32 Å². The number of hydrogen-bond donors (Lipinski definition) is 1. The molecule has 1 unspecified atom stereocenters. The van der Waals surface area contributed by atoms with Crippen LogP contribution in [0.4, 0.5) is 5.69 Å². The molecule has 1 aromatic heterocycles. The van der Waals surface area contributed by atoms with Gasteiger partial charge in [-0.3, -0.25) is 0 Å². The van der Waals surface area contributed by atoms with Crippen LogP contribution in [0.2, 0.25) is 5.15 Å². The third kappa shape index (κ3) is 3.24. The largest absolute Gasteiger partial charge is 0.376 e. The van der Waals surface area contributed by atoms with Gasteiger partial charge in [0.15, 0.2) is 5.15 Å². The lowest BCUT2D eigenvalue weighted by Gasteiger charge is -2.17. The lowest BCUT2D eigenvalue weighted by molar-refractivity contribution is 0.881. The van der Waals surface area contributed by atoms with Gasteiger partial charge >= 0.3 is 0 Å². The summed E-state index contributed by atoms with van der Waals surface area (Å²) in [5.41, 5.74) is 3.15. The summed E-state index contributed by atoms with van der Waals surface area (Å²) in [6.07, 6.45) is 1.76. The molecule has 0 fully saturated rings. The van der Waals surface area contributed by atoms with Crippen LogP contribution in [0.15, 0.2) is 41.0 Å². The molecule has 1 N–H and O–H groups in total. The van der Waals surface area contributed by atoms with E-state index in [2.05, 4.69) is 45.3 Å². The molecule has 0 amide bonds. The molecule has 0 saturated carbocycles. The fourth-order valence-corrected chi connectivity index (χ4v) is 2.32. The standard InChI is InChI=1S/C14H14BrClN2/c1-9-6-13(14(16)17-8-9)18-10(2)11-4-3-5-12(15)7-11/h3-8,10,18H,1-2H3. The average molecular weight is 326 g/mol. The Hall–Kier alpha value is -1.06. The molecule has 0 aliphatic rings. The van der Waals surface area contributed by atoms with Gasteiger partial charge in [-0.05, 0) is 43.2 Å². The van der Waals surface area contributed by atoms with Gasteiger partial charge in [0.1, 0.15) is 0 Å². The molecule has 0 saturated heterocycles. The van der Waals surface area contributed by atoms with E-state index in [1.807, 2.05) is 25.1 Å². The number of nitrogens with zero attached hydrogens (tertiary/aromatic N) is 1. The van der Waals surface area contributed by atoms with E-state index >= 15 is 0 Å². The number of halogens is 2. The zero-order valence-corrected chi connectivity index (χ0v) is 12.6. The van der Waals surface area contributed by atoms with E-state index in [0.29, 0.717) is 5.15 Å². The zero-order valence-electron chi connectivity index (χ0n) is 10.2. The van der Waals surface area contributed by atoms with Crippen LogP contribution in [0.25, 0.3) is 0 Å². The molecular formula is C14H14BrClN2. The number of rotatable bonds is 3. The van der Waals surface area contributed by atoms with Crippen molar-refractivity contribution in [2.75, 3.05) is 5.32 Å². The second-order valence-electron chi connectivity index (χ2n) is 4.27. The molecule has 2 rings (SSSR count). The summed E-state index contributed by atoms with van der Waals surface area (Å²) < 4.78 is 1.07. The van der Waals surface area contributed by atoms with Gasteiger partial charge in [0.2, 0.25) is 0 Å². The number of hydrogen-bond acceptors (Lipinski definition) is 2. The van der Waals surface area contributed by atoms with Crippen molar-refractivity contribution >= 4 is 33.2 Å². The molecule has 94 valence electrons. The van der Waals surface area contributed by atoms with Crippen molar-refractivity contribution in [3.8, 4) is 0 Å². The molecule has 18 heavy (non-hydrogen) atoms. The maximum Gasteiger partial charge on any atom is 0.152 e. The van der Waals surface area contributed by atoms with Crippen LogP contribution < -0.4 is 5.32 Å². The van der Waals surface area contributed by atoms with Crippen LogP contribution in [-0.2, 0) is 0 Å². The average Bonchev–Trinajstić information content (AvgIpc) is 2.34. The molecule has 2 aromatic rings. The van der Waals surface area contributed by atoms with E-state index in [9.17, 15) is 0 Å². The summed E-state index contributed by atoms with van der Waals surface area (Å²) >= 11 is 9.55. The highest BCUT2D eigenvalue weighted by molar-refractivity contribution is 9.10. The van der Waals surface area contributed by atoms with Crippen LogP contribution in [-0.4, -0.2) is 4.98 Å². The fourth-order valence-electron chi connectivity index (χ4n) is 1.75. The van der Waals surface area contributed by atoms with E-state index in [4.69, 9.17) is 11.6 Å². The Morgan fingerprint density at radius 3 is 2.83 bits per heavy atom. The number of benzene rings is 1. The normalized spacial score (nSPS) is 12.2. The van der Waals surface area contributed by atoms with Crippen molar-refractivity contribution < 1.29 is 0 Å². The third-order valence-electron chi connectivity index (χ3n) is 2.70. The Labute approximate surface area is 121 Å². The number of aryl methyl sites for hydroxylation is 1. The molecule has 1 aromatic carbocycles. The third-order valence-corrected chi connectivity index (χ3v) is 3.49. The maximum atomic E-state index is 6.08.